The van der Waals surface area contributed by atoms with E-state index in [1.165, 1.54) is 22.9 Å². The fourth-order valence-electron chi connectivity index (χ4n) is 3.10. The van der Waals surface area contributed by atoms with Crippen LogP contribution in [-0.2, 0) is 0 Å². The molecule has 2 heterocycles. The molecule has 0 fully saturated rings. The lowest BCUT2D eigenvalue weighted by Gasteiger charge is -2.12. The molecule has 0 N–H and O–H groups in total. The normalized spacial score (nSPS) is 10.9. The molecule has 2 aromatic carbocycles. The van der Waals surface area contributed by atoms with Gasteiger partial charge in [-0.2, -0.15) is 0 Å². The number of ketones is 1. The van der Waals surface area contributed by atoms with Crippen molar-refractivity contribution in [3.63, 3.8) is 0 Å². The lowest BCUT2D eigenvalue weighted by molar-refractivity contribution is 0.102. The SMILES string of the molecule is Cc1ccc(C(=O)CSc2nnc(-c3ccncc3)n2-c2ccc(C)c(C)c2)cc1. The van der Waals surface area contributed by atoms with Crippen molar-refractivity contribution >= 4 is 17.5 Å². The summed E-state index contributed by atoms with van der Waals surface area (Å²) in [6, 6.07) is 17.7. The summed E-state index contributed by atoms with van der Waals surface area (Å²) in [5.74, 6) is 1.09. The molecule has 30 heavy (non-hydrogen) atoms. The predicted molar refractivity (Wildman–Crippen MR) is 120 cm³/mol. The van der Waals surface area contributed by atoms with Crippen molar-refractivity contribution in [3.8, 4) is 17.1 Å². The number of pyridine rings is 1. The molecule has 0 saturated heterocycles. The van der Waals surface area contributed by atoms with Gasteiger partial charge in [0.15, 0.2) is 16.8 Å². The number of aryl methyl sites for hydroxylation is 3. The minimum Gasteiger partial charge on any atom is -0.293 e. The van der Waals surface area contributed by atoms with Gasteiger partial charge in [0, 0.05) is 23.5 Å². The van der Waals surface area contributed by atoms with Gasteiger partial charge in [0.2, 0.25) is 0 Å². The third-order valence-electron chi connectivity index (χ3n) is 5.03. The van der Waals surface area contributed by atoms with E-state index in [-0.39, 0.29) is 5.78 Å². The monoisotopic (exact) mass is 414 g/mol. The Morgan fingerprint density at radius 3 is 2.33 bits per heavy atom. The van der Waals surface area contributed by atoms with Gasteiger partial charge in [0.05, 0.1) is 11.4 Å². The molecule has 6 heteroatoms. The van der Waals surface area contributed by atoms with Crippen LogP contribution in [0, 0.1) is 20.8 Å². The summed E-state index contributed by atoms with van der Waals surface area (Å²) >= 11 is 1.40. The summed E-state index contributed by atoms with van der Waals surface area (Å²) in [5.41, 5.74) is 6.15. The first-order valence-electron chi connectivity index (χ1n) is 9.69. The van der Waals surface area contributed by atoms with Gasteiger partial charge in [-0.1, -0.05) is 47.7 Å². The van der Waals surface area contributed by atoms with Crippen LogP contribution in [0.4, 0.5) is 0 Å². The Hall–Kier alpha value is -3.25. The van der Waals surface area contributed by atoms with Crippen molar-refractivity contribution in [1.29, 1.82) is 0 Å². The molecule has 4 rings (SSSR count). The lowest BCUT2D eigenvalue weighted by Crippen LogP contribution is -2.05. The molecular weight excluding hydrogens is 392 g/mol. The van der Waals surface area contributed by atoms with Crippen LogP contribution in [0.5, 0.6) is 0 Å². The van der Waals surface area contributed by atoms with E-state index >= 15 is 0 Å². The average Bonchev–Trinajstić information content (AvgIpc) is 3.19. The van der Waals surface area contributed by atoms with Gasteiger partial charge in [-0.05, 0) is 56.2 Å². The minimum atomic E-state index is 0.0695. The maximum Gasteiger partial charge on any atom is 0.196 e. The standard InChI is InChI=1S/C24H22N4OS/c1-16-4-7-19(8-5-16)22(29)15-30-24-27-26-23(20-10-12-25-13-11-20)28(24)21-9-6-17(2)18(3)14-21/h4-14H,15H2,1-3H3. The van der Waals surface area contributed by atoms with E-state index in [1.54, 1.807) is 12.4 Å². The molecule has 4 aromatic rings. The zero-order valence-electron chi connectivity index (χ0n) is 17.2. The third-order valence-corrected chi connectivity index (χ3v) is 5.96. The van der Waals surface area contributed by atoms with E-state index in [0.29, 0.717) is 16.5 Å². The van der Waals surface area contributed by atoms with Gasteiger partial charge in [0.1, 0.15) is 0 Å². The van der Waals surface area contributed by atoms with Gasteiger partial charge in [-0.25, -0.2) is 0 Å². The van der Waals surface area contributed by atoms with Crippen molar-refractivity contribution < 1.29 is 4.79 Å². The van der Waals surface area contributed by atoms with E-state index in [9.17, 15) is 4.79 Å². The molecule has 0 spiro atoms. The van der Waals surface area contributed by atoms with Crippen LogP contribution >= 0.6 is 11.8 Å². The Bertz CT molecular complexity index is 1180. The number of carbonyl (C=O) groups excluding carboxylic acids is 1. The molecule has 0 unspecified atom stereocenters. The molecule has 0 amide bonds. The van der Waals surface area contributed by atoms with Crippen LogP contribution in [0.15, 0.2) is 72.1 Å². The molecule has 0 saturated carbocycles. The van der Waals surface area contributed by atoms with E-state index < -0.39 is 0 Å². The summed E-state index contributed by atoms with van der Waals surface area (Å²) in [6.45, 7) is 6.18. The first-order chi connectivity index (χ1) is 14.5. The minimum absolute atomic E-state index is 0.0695. The Morgan fingerprint density at radius 2 is 1.63 bits per heavy atom. The molecule has 5 nitrogen and oxygen atoms in total. The van der Waals surface area contributed by atoms with E-state index in [2.05, 4.69) is 47.2 Å². The van der Waals surface area contributed by atoms with Crippen LogP contribution in [0.1, 0.15) is 27.0 Å². The second kappa shape index (κ2) is 8.63. The summed E-state index contributed by atoms with van der Waals surface area (Å²) in [6.07, 6.45) is 3.48. The zero-order valence-corrected chi connectivity index (χ0v) is 18.0. The predicted octanol–water partition coefficient (Wildman–Crippen LogP) is 5.23. The molecule has 0 aliphatic heterocycles. The quantitative estimate of drug-likeness (QED) is 0.319. The van der Waals surface area contributed by atoms with Crippen LogP contribution in [0.2, 0.25) is 0 Å². The first kappa shape index (κ1) is 20.0. The Morgan fingerprint density at radius 1 is 0.900 bits per heavy atom. The van der Waals surface area contributed by atoms with Crippen LogP contribution < -0.4 is 0 Å². The van der Waals surface area contributed by atoms with Crippen molar-refractivity contribution in [2.75, 3.05) is 5.75 Å². The highest BCUT2D eigenvalue weighted by molar-refractivity contribution is 7.99. The summed E-state index contributed by atoms with van der Waals surface area (Å²) in [5, 5.41) is 9.52. The van der Waals surface area contributed by atoms with Gasteiger partial charge >= 0.3 is 0 Å². The second-order valence-corrected chi connectivity index (χ2v) is 8.17. The Labute approximate surface area is 180 Å². The largest absolute Gasteiger partial charge is 0.293 e. The van der Waals surface area contributed by atoms with Crippen LogP contribution in [-0.4, -0.2) is 31.3 Å². The van der Waals surface area contributed by atoms with Crippen LogP contribution in [0.3, 0.4) is 0 Å². The number of aromatic nitrogens is 4. The summed E-state index contributed by atoms with van der Waals surface area (Å²) in [7, 11) is 0. The van der Waals surface area contributed by atoms with Gasteiger partial charge in [-0.15, -0.1) is 10.2 Å². The maximum atomic E-state index is 12.7. The van der Waals surface area contributed by atoms with Crippen molar-refractivity contribution in [2.24, 2.45) is 0 Å². The number of carbonyl (C=O) groups is 1. The average molecular weight is 415 g/mol. The molecule has 150 valence electrons. The van der Waals surface area contributed by atoms with Gasteiger partial charge in [0.25, 0.3) is 0 Å². The molecule has 0 bridgehead atoms. The van der Waals surface area contributed by atoms with Gasteiger partial charge in [-0.3, -0.25) is 14.3 Å². The number of rotatable bonds is 6. The lowest BCUT2D eigenvalue weighted by atomic mass is 10.1. The second-order valence-electron chi connectivity index (χ2n) is 7.22. The number of thioether (sulfide) groups is 1. The molecule has 0 aliphatic carbocycles. The number of benzene rings is 2. The summed E-state index contributed by atoms with van der Waals surface area (Å²) in [4.78, 5) is 16.8. The smallest absolute Gasteiger partial charge is 0.196 e. The molecular formula is C24H22N4OS. The van der Waals surface area contributed by atoms with Gasteiger partial charge < -0.3 is 0 Å². The maximum absolute atomic E-state index is 12.7. The summed E-state index contributed by atoms with van der Waals surface area (Å²) < 4.78 is 2.01. The Kier molecular flexibility index (Phi) is 5.77. The fourth-order valence-corrected chi connectivity index (χ4v) is 3.95. The Balaban J connectivity index is 1.69. The van der Waals surface area contributed by atoms with Crippen molar-refractivity contribution in [1.82, 2.24) is 19.7 Å². The third kappa shape index (κ3) is 4.19. The number of Topliss-reactive ketones (excluding diaryl/α,β-unsaturated/α-hetero) is 1. The fraction of sp³-hybridized carbons (Fsp3) is 0.167. The topological polar surface area (TPSA) is 60.7 Å². The van der Waals surface area contributed by atoms with Crippen molar-refractivity contribution in [2.45, 2.75) is 25.9 Å². The molecule has 2 aromatic heterocycles. The number of nitrogens with zero attached hydrogens (tertiary/aromatic N) is 4. The molecule has 0 radical (unpaired) electrons. The van der Waals surface area contributed by atoms with E-state index in [0.717, 1.165) is 22.6 Å². The highest BCUT2D eigenvalue weighted by atomic mass is 32.2. The zero-order chi connectivity index (χ0) is 21.1. The first-order valence-corrected chi connectivity index (χ1v) is 10.7. The highest BCUT2D eigenvalue weighted by Crippen LogP contribution is 2.29. The number of hydrogen-bond acceptors (Lipinski definition) is 5. The molecule has 0 atom stereocenters. The highest BCUT2D eigenvalue weighted by Gasteiger charge is 2.18. The van der Waals surface area contributed by atoms with E-state index in [4.69, 9.17) is 0 Å². The van der Waals surface area contributed by atoms with E-state index in [1.807, 2.05) is 47.9 Å². The number of hydrogen-bond donors (Lipinski definition) is 0. The van der Waals surface area contributed by atoms with Crippen molar-refractivity contribution in [3.05, 3.63) is 89.2 Å². The molecule has 0 aliphatic rings. The van der Waals surface area contributed by atoms with Crippen LogP contribution in [0.25, 0.3) is 17.1 Å².